The van der Waals surface area contributed by atoms with Crippen LogP contribution in [-0.2, 0) is 6.54 Å². The van der Waals surface area contributed by atoms with Gasteiger partial charge in [-0.2, -0.15) is 4.98 Å². The molecule has 3 aromatic heterocycles. The van der Waals surface area contributed by atoms with E-state index >= 15 is 0 Å². The molecule has 3 N–H and O–H groups in total. The number of pyridine rings is 1. The number of aromatic nitrogens is 4. The summed E-state index contributed by atoms with van der Waals surface area (Å²) in [4.78, 5) is 27.5. The number of aromatic amines is 1. The molecule has 0 saturated carbocycles. The lowest BCUT2D eigenvalue weighted by Gasteiger charge is -2.07. The Balaban J connectivity index is 1.53. The van der Waals surface area contributed by atoms with E-state index < -0.39 is 0 Å². The van der Waals surface area contributed by atoms with Gasteiger partial charge >= 0.3 is 0 Å². The van der Waals surface area contributed by atoms with Crippen molar-refractivity contribution in [2.75, 3.05) is 10.6 Å². The lowest BCUT2D eigenvalue weighted by Crippen LogP contribution is -2.16. The smallest absolute Gasteiger partial charge is 0.300 e. The highest BCUT2D eigenvalue weighted by atomic mass is 35.5. The summed E-state index contributed by atoms with van der Waals surface area (Å²) in [6.07, 6.45) is 4.58. The second kappa shape index (κ2) is 6.85. The number of fused-ring (bicyclic) bond motifs is 1. The van der Waals surface area contributed by atoms with E-state index in [0.29, 0.717) is 28.4 Å². The van der Waals surface area contributed by atoms with Gasteiger partial charge in [-0.15, -0.1) is 0 Å². The van der Waals surface area contributed by atoms with E-state index in [1.165, 1.54) is 12.5 Å². The Morgan fingerprint density at radius 1 is 1.15 bits per heavy atom. The number of anilines is 3. The van der Waals surface area contributed by atoms with E-state index in [-0.39, 0.29) is 12.1 Å². The van der Waals surface area contributed by atoms with Crippen LogP contribution < -0.4 is 16.2 Å². The number of benzene rings is 1. The third kappa shape index (κ3) is 3.50. The second-order valence-electron chi connectivity index (χ2n) is 5.44. The van der Waals surface area contributed by atoms with E-state index in [1.807, 2.05) is 0 Å². The molecule has 0 fully saturated rings. The summed E-state index contributed by atoms with van der Waals surface area (Å²) in [5.74, 6) is 0.885. The minimum Gasteiger partial charge on any atom is -0.432 e. The number of hydrogen-bond donors (Lipinski definition) is 3. The zero-order valence-electron chi connectivity index (χ0n) is 13.4. The largest absolute Gasteiger partial charge is 0.432 e. The monoisotopic (exact) mass is 368 g/mol. The average molecular weight is 369 g/mol. The molecular formula is C17H13ClN6O2. The Labute approximate surface area is 152 Å². The normalized spacial score (nSPS) is 10.8. The molecule has 3 heterocycles. The summed E-state index contributed by atoms with van der Waals surface area (Å²) >= 11 is 6.01. The highest BCUT2D eigenvalue weighted by molar-refractivity contribution is 6.31. The average Bonchev–Trinajstić information content (AvgIpc) is 3.13. The molecule has 4 aromatic rings. The predicted molar refractivity (Wildman–Crippen MR) is 98.7 cm³/mol. The van der Waals surface area contributed by atoms with Gasteiger partial charge in [-0.05, 0) is 30.3 Å². The van der Waals surface area contributed by atoms with E-state index in [2.05, 4.69) is 30.6 Å². The molecule has 26 heavy (non-hydrogen) atoms. The van der Waals surface area contributed by atoms with Crippen molar-refractivity contribution in [1.82, 2.24) is 19.9 Å². The maximum atomic E-state index is 12.2. The molecule has 9 heteroatoms. The number of halogens is 1. The first-order valence-electron chi connectivity index (χ1n) is 7.72. The minimum atomic E-state index is -0.179. The molecule has 0 aliphatic carbocycles. The van der Waals surface area contributed by atoms with E-state index in [4.69, 9.17) is 16.0 Å². The highest BCUT2D eigenvalue weighted by Crippen LogP contribution is 2.18. The molecular weight excluding hydrogens is 356 g/mol. The van der Waals surface area contributed by atoms with Crippen LogP contribution in [0.2, 0.25) is 5.02 Å². The Morgan fingerprint density at radius 2 is 2.08 bits per heavy atom. The van der Waals surface area contributed by atoms with Crippen molar-refractivity contribution < 1.29 is 4.42 Å². The van der Waals surface area contributed by atoms with Gasteiger partial charge in [0.25, 0.3) is 11.6 Å². The fraction of sp³-hybridized carbons (Fsp3) is 0.0588. The second-order valence-corrected chi connectivity index (χ2v) is 5.87. The van der Waals surface area contributed by atoms with E-state index in [1.54, 1.807) is 36.5 Å². The van der Waals surface area contributed by atoms with Crippen molar-refractivity contribution in [1.29, 1.82) is 0 Å². The molecule has 8 nitrogen and oxygen atoms in total. The van der Waals surface area contributed by atoms with Gasteiger partial charge < -0.3 is 14.7 Å². The molecule has 0 aliphatic rings. The fourth-order valence-corrected chi connectivity index (χ4v) is 2.62. The Kier molecular flexibility index (Phi) is 4.24. The first-order valence-corrected chi connectivity index (χ1v) is 8.10. The molecule has 0 bridgehead atoms. The zero-order chi connectivity index (χ0) is 17.9. The topological polar surface area (TPSA) is 109 Å². The minimum absolute atomic E-state index is 0.179. The molecule has 0 radical (unpaired) electrons. The molecule has 0 atom stereocenters. The maximum Gasteiger partial charge on any atom is 0.300 e. The highest BCUT2D eigenvalue weighted by Gasteiger charge is 2.06. The number of oxazole rings is 1. The lowest BCUT2D eigenvalue weighted by atomic mass is 10.1. The van der Waals surface area contributed by atoms with Crippen LogP contribution in [0.4, 0.5) is 17.8 Å². The molecule has 0 aliphatic heterocycles. The number of hydrogen-bond acceptors (Lipinski definition) is 7. The van der Waals surface area contributed by atoms with Gasteiger partial charge in [0.15, 0.2) is 0 Å². The van der Waals surface area contributed by atoms with Crippen molar-refractivity contribution in [2.45, 2.75) is 6.54 Å². The first kappa shape index (κ1) is 16.1. The fourth-order valence-electron chi connectivity index (χ4n) is 2.44. The van der Waals surface area contributed by atoms with Crippen LogP contribution in [0.1, 0.15) is 5.56 Å². The van der Waals surface area contributed by atoms with Crippen molar-refractivity contribution in [3.05, 3.63) is 69.9 Å². The Morgan fingerprint density at radius 3 is 2.92 bits per heavy atom. The zero-order valence-corrected chi connectivity index (χ0v) is 14.1. The summed E-state index contributed by atoms with van der Waals surface area (Å²) in [6, 6.07) is 9.11. The van der Waals surface area contributed by atoms with E-state index in [0.717, 1.165) is 10.9 Å². The van der Waals surface area contributed by atoms with Crippen molar-refractivity contribution in [3.8, 4) is 0 Å². The summed E-state index contributed by atoms with van der Waals surface area (Å²) < 4.78 is 5.11. The van der Waals surface area contributed by atoms with Crippen LogP contribution in [-0.4, -0.2) is 19.9 Å². The lowest BCUT2D eigenvalue weighted by molar-refractivity contribution is 0.577. The standard InChI is InChI=1S/C17H13ClN6O2/c18-12-1-2-13-10(8-12)7-11(15(25)22-13)9-21-16-19-4-3-14(23-16)24-17-20-5-6-26-17/h1-8H,9H2,(H,22,25)(H2,19,20,21,23,24). The number of nitrogens with zero attached hydrogens (tertiary/aromatic N) is 3. The molecule has 130 valence electrons. The maximum absolute atomic E-state index is 12.2. The third-order valence-electron chi connectivity index (χ3n) is 3.64. The third-order valence-corrected chi connectivity index (χ3v) is 3.88. The predicted octanol–water partition coefficient (Wildman–Crippen LogP) is 3.32. The van der Waals surface area contributed by atoms with Gasteiger partial charge in [-0.25, -0.2) is 9.97 Å². The van der Waals surface area contributed by atoms with Gasteiger partial charge in [0.1, 0.15) is 12.1 Å². The molecule has 0 unspecified atom stereocenters. The Hall–Kier alpha value is -3.39. The molecule has 0 saturated heterocycles. The SMILES string of the molecule is O=c1[nH]c2ccc(Cl)cc2cc1CNc1nccc(Nc2ncco2)n1. The Bertz CT molecular complexity index is 1110. The van der Waals surface area contributed by atoms with Crippen molar-refractivity contribution in [3.63, 3.8) is 0 Å². The quantitative estimate of drug-likeness (QED) is 0.495. The summed E-state index contributed by atoms with van der Waals surface area (Å²) in [6.45, 7) is 0.264. The molecule has 1 aromatic carbocycles. The van der Waals surface area contributed by atoms with Crippen LogP contribution >= 0.6 is 11.6 Å². The van der Waals surface area contributed by atoms with Crippen molar-refractivity contribution >= 4 is 40.3 Å². The number of nitrogens with one attached hydrogen (secondary N) is 3. The van der Waals surface area contributed by atoms with Crippen LogP contribution in [0.3, 0.4) is 0 Å². The van der Waals surface area contributed by atoms with Gasteiger partial charge in [-0.1, -0.05) is 11.6 Å². The summed E-state index contributed by atoms with van der Waals surface area (Å²) in [5, 5.41) is 7.41. The van der Waals surface area contributed by atoms with Gasteiger partial charge in [-0.3, -0.25) is 10.1 Å². The summed E-state index contributed by atoms with van der Waals surface area (Å²) in [7, 11) is 0. The van der Waals surface area contributed by atoms with Gasteiger partial charge in [0.2, 0.25) is 5.95 Å². The molecule has 4 rings (SSSR count). The summed E-state index contributed by atoms with van der Waals surface area (Å²) in [5.41, 5.74) is 1.10. The van der Waals surface area contributed by atoms with E-state index in [9.17, 15) is 4.79 Å². The van der Waals surface area contributed by atoms with Gasteiger partial charge in [0.05, 0.1) is 6.20 Å². The molecule has 0 spiro atoms. The number of H-pyrrole nitrogens is 1. The van der Waals surface area contributed by atoms with Crippen LogP contribution in [0.5, 0.6) is 0 Å². The van der Waals surface area contributed by atoms with Crippen molar-refractivity contribution in [2.24, 2.45) is 0 Å². The van der Waals surface area contributed by atoms with Crippen LogP contribution in [0.25, 0.3) is 10.9 Å². The molecule has 0 amide bonds. The van der Waals surface area contributed by atoms with Crippen LogP contribution in [0, 0.1) is 0 Å². The van der Waals surface area contributed by atoms with Gasteiger partial charge in [0, 0.05) is 34.2 Å². The number of rotatable bonds is 5. The van der Waals surface area contributed by atoms with Crippen LogP contribution in [0.15, 0.2) is 58.2 Å². The first-order chi connectivity index (χ1) is 12.7.